The minimum atomic E-state index is 0. The lowest BCUT2D eigenvalue weighted by molar-refractivity contribution is -0.697. The summed E-state index contributed by atoms with van der Waals surface area (Å²) < 4.78 is 2.15. The zero-order valence-electron chi connectivity index (χ0n) is 13.6. The quantitative estimate of drug-likeness (QED) is 0.506. The molecule has 1 heterocycles. The van der Waals surface area contributed by atoms with Crippen molar-refractivity contribution in [1.82, 2.24) is 5.32 Å². The van der Waals surface area contributed by atoms with Gasteiger partial charge in [-0.3, -0.25) is 4.79 Å². The van der Waals surface area contributed by atoms with E-state index in [0.717, 1.165) is 25.8 Å². The van der Waals surface area contributed by atoms with Crippen molar-refractivity contribution in [2.75, 3.05) is 0 Å². The number of carbonyl (C=O) groups is 1. The normalized spacial score (nSPS) is 11.3. The molecule has 0 bridgehead atoms. The summed E-state index contributed by atoms with van der Waals surface area (Å²) in [4.78, 5) is 11.9. The average Bonchev–Trinajstić information content (AvgIpc) is 2.53. The number of aryl methyl sites for hydroxylation is 1. The van der Waals surface area contributed by atoms with Crippen LogP contribution in [0.2, 0.25) is 0 Å². The van der Waals surface area contributed by atoms with Crippen LogP contribution >= 0.6 is 0 Å². The van der Waals surface area contributed by atoms with Crippen LogP contribution in [0.3, 0.4) is 0 Å². The lowest BCUT2D eigenvalue weighted by Gasteiger charge is -2.13. The molecule has 3 nitrogen and oxygen atoms in total. The fraction of sp³-hybridized carbons (Fsp3) is 0.368. The van der Waals surface area contributed by atoms with Gasteiger partial charge in [-0.25, -0.2) is 4.57 Å². The molecule has 4 heteroatoms. The van der Waals surface area contributed by atoms with E-state index in [0.29, 0.717) is 6.42 Å². The molecule has 1 aromatic heterocycles. The maximum atomic E-state index is 11.9. The minimum Gasteiger partial charge on any atom is -1.00 e. The Kier molecular flexibility index (Phi) is 9.22. The van der Waals surface area contributed by atoms with Crippen LogP contribution in [-0.4, -0.2) is 11.9 Å². The monoisotopic (exact) mass is 376 g/mol. The molecule has 0 aliphatic carbocycles. The largest absolute Gasteiger partial charge is 1.00 e. The van der Waals surface area contributed by atoms with Gasteiger partial charge in [0.25, 0.3) is 0 Å². The second-order valence-corrected chi connectivity index (χ2v) is 5.73. The molecule has 23 heavy (non-hydrogen) atoms. The van der Waals surface area contributed by atoms with Crippen LogP contribution in [0.5, 0.6) is 0 Å². The van der Waals surface area contributed by atoms with Crippen molar-refractivity contribution >= 4 is 5.91 Å². The highest BCUT2D eigenvalue weighted by atomic mass is 79.9. The third kappa shape index (κ3) is 7.93. The van der Waals surface area contributed by atoms with Crippen LogP contribution in [0.25, 0.3) is 0 Å². The Morgan fingerprint density at radius 3 is 2.39 bits per heavy atom. The van der Waals surface area contributed by atoms with Crippen LogP contribution < -0.4 is 26.9 Å². The smallest absolute Gasteiger partial charge is 0.220 e. The van der Waals surface area contributed by atoms with E-state index in [1.54, 1.807) is 0 Å². The van der Waals surface area contributed by atoms with Crippen molar-refractivity contribution in [2.24, 2.45) is 0 Å². The van der Waals surface area contributed by atoms with Crippen molar-refractivity contribution in [3.05, 3.63) is 66.5 Å². The van der Waals surface area contributed by atoms with Gasteiger partial charge in [0.15, 0.2) is 12.4 Å². The Morgan fingerprint density at radius 1 is 1.04 bits per heavy atom. The molecule has 0 radical (unpaired) electrons. The Labute approximate surface area is 149 Å². The van der Waals surface area contributed by atoms with Crippen LogP contribution in [-0.2, 0) is 17.8 Å². The lowest BCUT2D eigenvalue weighted by Crippen LogP contribution is -3.00. The molecule has 1 unspecified atom stereocenters. The molecule has 1 amide bonds. The number of halogens is 1. The molecule has 0 aliphatic heterocycles. The SMILES string of the molecule is CC(Cc1ccccc1)NC(=O)CCCC[n+]1ccccc1.[Br-]. The zero-order chi connectivity index (χ0) is 15.6. The van der Waals surface area contributed by atoms with Crippen LogP contribution in [0, 0.1) is 0 Å². The van der Waals surface area contributed by atoms with Crippen molar-refractivity contribution < 1.29 is 26.3 Å². The first kappa shape index (κ1) is 19.4. The maximum Gasteiger partial charge on any atom is 0.220 e. The molecule has 124 valence electrons. The number of aromatic nitrogens is 1. The van der Waals surface area contributed by atoms with E-state index in [4.69, 9.17) is 0 Å². The number of nitrogens with one attached hydrogen (secondary N) is 1. The summed E-state index contributed by atoms with van der Waals surface area (Å²) in [5.41, 5.74) is 1.26. The molecule has 1 aromatic carbocycles. The molecule has 0 saturated carbocycles. The van der Waals surface area contributed by atoms with E-state index in [-0.39, 0.29) is 28.9 Å². The number of hydrogen-bond acceptors (Lipinski definition) is 1. The highest BCUT2D eigenvalue weighted by Crippen LogP contribution is 2.03. The summed E-state index contributed by atoms with van der Waals surface area (Å²) in [6, 6.07) is 16.5. The standard InChI is InChI=1S/C19H24N2O.BrH/c1-17(16-18-10-4-2-5-11-18)20-19(22)12-6-9-15-21-13-7-3-8-14-21;/h2-5,7-8,10-11,13-14,17H,6,9,12,15-16H2,1H3;1H. The van der Waals surface area contributed by atoms with Gasteiger partial charge in [0.1, 0.15) is 6.54 Å². The number of pyridine rings is 1. The van der Waals surface area contributed by atoms with E-state index >= 15 is 0 Å². The van der Waals surface area contributed by atoms with E-state index in [9.17, 15) is 4.79 Å². The van der Waals surface area contributed by atoms with Gasteiger partial charge >= 0.3 is 0 Å². The third-order valence-corrected chi connectivity index (χ3v) is 3.64. The number of amides is 1. The molecule has 0 spiro atoms. The number of benzene rings is 1. The van der Waals surface area contributed by atoms with Crippen LogP contribution in [0.4, 0.5) is 0 Å². The first-order valence-corrected chi connectivity index (χ1v) is 8.01. The summed E-state index contributed by atoms with van der Waals surface area (Å²) in [5.74, 6) is 0.154. The summed E-state index contributed by atoms with van der Waals surface area (Å²) >= 11 is 0. The molecule has 2 rings (SSSR count). The van der Waals surface area contributed by atoms with Gasteiger partial charge in [-0.15, -0.1) is 0 Å². The topological polar surface area (TPSA) is 33.0 Å². The Balaban J connectivity index is 0.00000264. The molecule has 0 fully saturated rings. The number of nitrogens with zero attached hydrogens (tertiary/aromatic N) is 1. The molecule has 1 atom stereocenters. The summed E-state index contributed by atoms with van der Waals surface area (Å²) in [5, 5.41) is 3.08. The van der Waals surface area contributed by atoms with E-state index < -0.39 is 0 Å². The van der Waals surface area contributed by atoms with Crippen LogP contribution in [0.15, 0.2) is 60.9 Å². The predicted octanol–water partition coefficient (Wildman–Crippen LogP) is -0.104. The summed E-state index contributed by atoms with van der Waals surface area (Å²) in [6.45, 7) is 3.03. The fourth-order valence-corrected chi connectivity index (χ4v) is 2.53. The number of carbonyl (C=O) groups excluding carboxylic acids is 1. The predicted molar refractivity (Wildman–Crippen MR) is 88.2 cm³/mol. The highest BCUT2D eigenvalue weighted by Gasteiger charge is 2.08. The van der Waals surface area contributed by atoms with E-state index in [2.05, 4.69) is 41.3 Å². The van der Waals surface area contributed by atoms with Gasteiger partial charge in [-0.05, 0) is 25.3 Å². The van der Waals surface area contributed by atoms with Gasteiger partial charge in [0.2, 0.25) is 5.91 Å². The van der Waals surface area contributed by atoms with Crippen molar-refractivity contribution in [1.29, 1.82) is 0 Å². The van der Waals surface area contributed by atoms with Gasteiger partial charge in [0, 0.05) is 31.0 Å². The van der Waals surface area contributed by atoms with Gasteiger partial charge in [-0.2, -0.15) is 0 Å². The molecule has 2 aromatic rings. The molecule has 0 aliphatic rings. The molecule has 1 N–H and O–H groups in total. The zero-order valence-corrected chi connectivity index (χ0v) is 15.2. The van der Waals surface area contributed by atoms with Crippen molar-refractivity contribution in [2.45, 2.75) is 45.2 Å². The fourth-order valence-electron chi connectivity index (χ4n) is 2.53. The Hall–Kier alpha value is -1.68. The summed E-state index contributed by atoms with van der Waals surface area (Å²) in [6.07, 6.45) is 7.55. The van der Waals surface area contributed by atoms with E-state index in [1.165, 1.54) is 5.56 Å². The molecule has 0 saturated heterocycles. The second-order valence-electron chi connectivity index (χ2n) is 5.73. The van der Waals surface area contributed by atoms with Crippen LogP contribution in [0.1, 0.15) is 31.7 Å². The van der Waals surface area contributed by atoms with E-state index in [1.807, 2.05) is 36.4 Å². The molecular weight excluding hydrogens is 352 g/mol. The van der Waals surface area contributed by atoms with Gasteiger partial charge < -0.3 is 22.3 Å². The first-order chi connectivity index (χ1) is 10.7. The van der Waals surface area contributed by atoms with Crippen molar-refractivity contribution in [3.8, 4) is 0 Å². The number of rotatable bonds is 8. The lowest BCUT2D eigenvalue weighted by atomic mass is 10.1. The minimum absolute atomic E-state index is 0. The Bertz CT molecular complexity index is 560. The average molecular weight is 377 g/mol. The number of unbranched alkanes of at least 4 members (excludes halogenated alkanes) is 1. The first-order valence-electron chi connectivity index (χ1n) is 8.01. The summed E-state index contributed by atoms with van der Waals surface area (Å²) in [7, 11) is 0. The maximum absolute atomic E-state index is 11.9. The van der Waals surface area contributed by atoms with Gasteiger partial charge in [-0.1, -0.05) is 36.4 Å². The Morgan fingerprint density at radius 2 is 1.70 bits per heavy atom. The second kappa shape index (κ2) is 10.9. The number of hydrogen-bond donors (Lipinski definition) is 1. The highest BCUT2D eigenvalue weighted by molar-refractivity contribution is 5.76. The molecular formula is C19H25BrN2O. The third-order valence-electron chi connectivity index (χ3n) is 3.64. The van der Waals surface area contributed by atoms with Crippen molar-refractivity contribution in [3.63, 3.8) is 0 Å². The van der Waals surface area contributed by atoms with Gasteiger partial charge in [0.05, 0.1) is 0 Å².